The number of rotatable bonds is 1. The van der Waals surface area contributed by atoms with E-state index in [1.165, 1.54) is 0 Å². The number of para-hydroxylation sites is 2. The summed E-state index contributed by atoms with van der Waals surface area (Å²) in [5.74, 6) is 2.52. The highest BCUT2D eigenvalue weighted by atomic mass is 16.6. The standard InChI is InChI=1S/C11H12N2O2/c1-2-4-9-8(3-1)14-7-10(15-9)11-12-5-6-13-11/h1-4,10H,5-7H2,(H,12,13)/t10-/m1/s1. The maximum atomic E-state index is 5.80. The van der Waals surface area contributed by atoms with Gasteiger partial charge in [-0.3, -0.25) is 4.99 Å². The third-order valence-corrected chi connectivity index (χ3v) is 2.51. The van der Waals surface area contributed by atoms with E-state index >= 15 is 0 Å². The molecule has 0 fully saturated rings. The van der Waals surface area contributed by atoms with Gasteiger partial charge in [0.2, 0.25) is 0 Å². The minimum absolute atomic E-state index is 0.0811. The second kappa shape index (κ2) is 3.46. The lowest BCUT2D eigenvalue weighted by atomic mass is 10.2. The Morgan fingerprint density at radius 3 is 2.93 bits per heavy atom. The number of hydrogen-bond donors (Lipinski definition) is 1. The van der Waals surface area contributed by atoms with Gasteiger partial charge in [-0.1, -0.05) is 12.1 Å². The van der Waals surface area contributed by atoms with E-state index in [4.69, 9.17) is 9.47 Å². The maximum Gasteiger partial charge on any atom is 0.189 e. The second-order valence-electron chi connectivity index (χ2n) is 3.56. The molecule has 78 valence electrons. The van der Waals surface area contributed by atoms with Crippen molar-refractivity contribution in [3.05, 3.63) is 24.3 Å². The molecule has 2 aliphatic rings. The van der Waals surface area contributed by atoms with E-state index < -0.39 is 0 Å². The molecule has 0 aliphatic carbocycles. The van der Waals surface area contributed by atoms with Crippen molar-refractivity contribution in [1.82, 2.24) is 5.32 Å². The quantitative estimate of drug-likeness (QED) is 0.736. The van der Waals surface area contributed by atoms with Crippen molar-refractivity contribution < 1.29 is 9.47 Å². The average Bonchev–Trinajstić information content (AvgIpc) is 2.82. The summed E-state index contributed by atoms with van der Waals surface area (Å²) in [6, 6.07) is 7.70. The first-order valence-electron chi connectivity index (χ1n) is 5.10. The Bertz CT molecular complexity index is 403. The summed E-state index contributed by atoms with van der Waals surface area (Å²) < 4.78 is 11.4. The van der Waals surface area contributed by atoms with Crippen molar-refractivity contribution in [2.75, 3.05) is 19.7 Å². The first-order chi connectivity index (χ1) is 7.43. The van der Waals surface area contributed by atoms with Crippen LogP contribution in [0.5, 0.6) is 11.5 Å². The number of nitrogens with one attached hydrogen (secondary N) is 1. The van der Waals surface area contributed by atoms with Crippen LogP contribution in [0.1, 0.15) is 0 Å². The van der Waals surface area contributed by atoms with Crippen LogP contribution in [0.4, 0.5) is 0 Å². The smallest absolute Gasteiger partial charge is 0.189 e. The molecule has 4 nitrogen and oxygen atoms in total. The number of aliphatic imine (C=N–C) groups is 1. The summed E-state index contributed by atoms with van der Waals surface area (Å²) in [6.45, 7) is 2.26. The summed E-state index contributed by atoms with van der Waals surface area (Å²) >= 11 is 0. The Kier molecular flexibility index (Phi) is 1.98. The van der Waals surface area contributed by atoms with Crippen LogP contribution in [0.3, 0.4) is 0 Å². The van der Waals surface area contributed by atoms with Gasteiger partial charge >= 0.3 is 0 Å². The summed E-state index contributed by atoms with van der Waals surface area (Å²) in [6.07, 6.45) is -0.0811. The van der Waals surface area contributed by atoms with Crippen LogP contribution in [0.2, 0.25) is 0 Å². The predicted molar refractivity (Wildman–Crippen MR) is 56.7 cm³/mol. The predicted octanol–water partition coefficient (Wildman–Crippen LogP) is 0.828. The Hall–Kier alpha value is -1.71. The van der Waals surface area contributed by atoms with Crippen LogP contribution in [0, 0.1) is 0 Å². The molecule has 1 aromatic carbocycles. The number of ether oxygens (including phenoxy) is 2. The van der Waals surface area contributed by atoms with Crippen LogP contribution in [0.15, 0.2) is 29.3 Å². The highest BCUT2D eigenvalue weighted by molar-refractivity contribution is 5.88. The monoisotopic (exact) mass is 204 g/mol. The molecule has 4 heteroatoms. The Balaban J connectivity index is 1.82. The SMILES string of the molecule is c1ccc2c(c1)OC[C@H](C1=NCCN1)O2. The molecular weight excluding hydrogens is 192 g/mol. The van der Waals surface area contributed by atoms with E-state index in [1.807, 2.05) is 24.3 Å². The molecule has 0 spiro atoms. The number of nitrogens with zero attached hydrogens (tertiary/aromatic N) is 1. The fourth-order valence-corrected chi connectivity index (χ4v) is 1.79. The van der Waals surface area contributed by atoms with Crippen LogP contribution >= 0.6 is 0 Å². The largest absolute Gasteiger partial charge is 0.485 e. The molecule has 1 N–H and O–H groups in total. The minimum atomic E-state index is -0.0811. The van der Waals surface area contributed by atoms with Gasteiger partial charge in [0.05, 0.1) is 6.54 Å². The van der Waals surface area contributed by atoms with Crippen LogP contribution in [0.25, 0.3) is 0 Å². The lowest BCUT2D eigenvalue weighted by Crippen LogP contribution is -2.42. The van der Waals surface area contributed by atoms with E-state index in [0.29, 0.717) is 6.61 Å². The molecule has 1 atom stereocenters. The number of fused-ring (bicyclic) bond motifs is 1. The molecule has 0 bridgehead atoms. The Labute approximate surface area is 87.9 Å². The number of amidine groups is 1. The van der Waals surface area contributed by atoms with Crippen molar-refractivity contribution in [3.8, 4) is 11.5 Å². The highest BCUT2D eigenvalue weighted by Crippen LogP contribution is 2.31. The van der Waals surface area contributed by atoms with Crippen LogP contribution in [-0.2, 0) is 0 Å². The molecule has 0 saturated heterocycles. The Morgan fingerprint density at radius 2 is 2.13 bits per heavy atom. The molecule has 0 saturated carbocycles. The zero-order valence-electron chi connectivity index (χ0n) is 8.27. The summed E-state index contributed by atoms with van der Waals surface area (Å²) in [4.78, 5) is 4.33. The molecular formula is C11H12N2O2. The van der Waals surface area contributed by atoms with Gasteiger partial charge in [0.1, 0.15) is 12.4 Å². The van der Waals surface area contributed by atoms with Gasteiger partial charge in [-0.25, -0.2) is 0 Å². The van der Waals surface area contributed by atoms with Gasteiger partial charge in [-0.05, 0) is 12.1 Å². The average molecular weight is 204 g/mol. The van der Waals surface area contributed by atoms with Gasteiger partial charge in [-0.2, -0.15) is 0 Å². The maximum absolute atomic E-state index is 5.80. The van der Waals surface area contributed by atoms with E-state index in [2.05, 4.69) is 10.3 Å². The molecule has 3 rings (SSSR count). The van der Waals surface area contributed by atoms with Crippen molar-refractivity contribution in [2.24, 2.45) is 4.99 Å². The van der Waals surface area contributed by atoms with Gasteiger partial charge in [-0.15, -0.1) is 0 Å². The third kappa shape index (κ3) is 1.52. The van der Waals surface area contributed by atoms with Gasteiger partial charge in [0.15, 0.2) is 17.6 Å². The first-order valence-corrected chi connectivity index (χ1v) is 5.10. The summed E-state index contributed by atoms with van der Waals surface area (Å²) in [5.41, 5.74) is 0. The molecule has 2 aliphatic heterocycles. The minimum Gasteiger partial charge on any atom is -0.485 e. The van der Waals surface area contributed by atoms with Gasteiger partial charge < -0.3 is 14.8 Å². The fourth-order valence-electron chi connectivity index (χ4n) is 1.79. The van der Waals surface area contributed by atoms with Crippen molar-refractivity contribution in [2.45, 2.75) is 6.10 Å². The fraction of sp³-hybridized carbons (Fsp3) is 0.364. The Morgan fingerprint density at radius 1 is 1.27 bits per heavy atom. The first kappa shape index (κ1) is 8.59. The van der Waals surface area contributed by atoms with E-state index in [9.17, 15) is 0 Å². The molecule has 0 amide bonds. The molecule has 2 heterocycles. The third-order valence-electron chi connectivity index (χ3n) is 2.51. The van der Waals surface area contributed by atoms with E-state index in [-0.39, 0.29) is 6.10 Å². The summed E-state index contributed by atoms with van der Waals surface area (Å²) in [7, 11) is 0. The van der Waals surface area contributed by atoms with Gasteiger partial charge in [0.25, 0.3) is 0 Å². The summed E-state index contributed by atoms with van der Waals surface area (Å²) in [5, 5.41) is 3.20. The van der Waals surface area contributed by atoms with E-state index in [1.54, 1.807) is 0 Å². The molecule has 0 aromatic heterocycles. The topological polar surface area (TPSA) is 42.8 Å². The second-order valence-corrected chi connectivity index (χ2v) is 3.56. The van der Waals surface area contributed by atoms with Crippen molar-refractivity contribution in [3.63, 3.8) is 0 Å². The molecule has 0 unspecified atom stereocenters. The lowest BCUT2D eigenvalue weighted by Gasteiger charge is -2.26. The van der Waals surface area contributed by atoms with E-state index in [0.717, 1.165) is 30.4 Å². The molecule has 15 heavy (non-hydrogen) atoms. The van der Waals surface area contributed by atoms with Crippen LogP contribution in [-0.4, -0.2) is 31.6 Å². The molecule has 0 radical (unpaired) electrons. The zero-order valence-corrected chi connectivity index (χ0v) is 8.27. The normalized spacial score (nSPS) is 23.2. The molecule has 1 aromatic rings. The van der Waals surface area contributed by atoms with Gasteiger partial charge in [0, 0.05) is 6.54 Å². The van der Waals surface area contributed by atoms with Crippen LogP contribution < -0.4 is 14.8 Å². The zero-order chi connectivity index (χ0) is 10.1. The number of benzene rings is 1. The number of hydrogen-bond acceptors (Lipinski definition) is 4. The van der Waals surface area contributed by atoms with Crippen molar-refractivity contribution >= 4 is 5.84 Å². The highest BCUT2D eigenvalue weighted by Gasteiger charge is 2.26. The van der Waals surface area contributed by atoms with Crippen molar-refractivity contribution in [1.29, 1.82) is 0 Å². The lowest BCUT2D eigenvalue weighted by molar-refractivity contribution is 0.133.